The number of hydrogen-bond donors (Lipinski definition) is 1. The lowest BCUT2D eigenvalue weighted by molar-refractivity contribution is -0.142. The number of carbonyl (C=O) groups excluding carboxylic acids is 2. The van der Waals surface area contributed by atoms with E-state index in [4.69, 9.17) is 16.3 Å². The summed E-state index contributed by atoms with van der Waals surface area (Å²) in [4.78, 5) is 28.5. The summed E-state index contributed by atoms with van der Waals surface area (Å²) < 4.78 is 5.88. The smallest absolute Gasteiger partial charge is 0.261 e. The Hall–Kier alpha value is -3.31. The van der Waals surface area contributed by atoms with Gasteiger partial charge in [-0.05, 0) is 60.7 Å². The topological polar surface area (TPSA) is 58.6 Å². The predicted octanol–water partition coefficient (Wildman–Crippen LogP) is 5.50. The second kappa shape index (κ2) is 13.0. The van der Waals surface area contributed by atoms with Crippen LogP contribution in [0.3, 0.4) is 0 Å². The molecule has 5 nitrogen and oxygen atoms in total. The number of benzene rings is 3. The third-order valence-electron chi connectivity index (χ3n) is 5.68. The van der Waals surface area contributed by atoms with Gasteiger partial charge in [0.2, 0.25) is 5.91 Å². The van der Waals surface area contributed by atoms with Gasteiger partial charge in [-0.3, -0.25) is 9.59 Å². The highest BCUT2D eigenvalue weighted by molar-refractivity contribution is 6.31. The summed E-state index contributed by atoms with van der Waals surface area (Å²) in [5.41, 5.74) is 3.86. The van der Waals surface area contributed by atoms with Gasteiger partial charge in [-0.25, -0.2) is 0 Å². The maximum atomic E-state index is 13.6. The van der Waals surface area contributed by atoms with Gasteiger partial charge in [0, 0.05) is 24.5 Å². The van der Waals surface area contributed by atoms with Gasteiger partial charge in [-0.1, -0.05) is 73.1 Å². The summed E-state index contributed by atoms with van der Waals surface area (Å²) in [6, 6.07) is 22.2. The number of carbonyl (C=O) groups is 2. The summed E-state index contributed by atoms with van der Waals surface area (Å²) in [5, 5.41) is 3.52. The number of ether oxygens (including phenoxy) is 1. The van der Waals surface area contributed by atoms with Gasteiger partial charge < -0.3 is 15.0 Å². The van der Waals surface area contributed by atoms with Crippen molar-refractivity contribution in [2.45, 2.75) is 46.2 Å². The zero-order valence-electron chi connectivity index (χ0n) is 20.6. The molecule has 3 aromatic rings. The van der Waals surface area contributed by atoms with E-state index in [0.717, 1.165) is 28.7 Å². The number of nitrogens with one attached hydrogen (secondary N) is 1. The van der Waals surface area contributed by atoms with Crippen molar-refractivity contribution in [1.82, 2.24) is 10.2 Å². The van der Waals surface area contributed by atoms with Crippen LogP contribution in [0, 0.1) is 13.8 Å². The summed E-state index contributed by atoms with van der Waals surface area (Å²) in [5.74, 6) is 0.155. The molecule has 3 aromatic carbocycles. The van der Waals surface area contributed by atoms with Crippen molar-refractivity contribution in [3.05, 3.63) is 100 Å². The minimum atomic E-state index is -0.712. The summed E-state index contributed by atoms with van der Waals surface area (Å²) in [6.45, 7) is 6.53. The van der Waals surface area contributed by atoms with Crippen molar-refractivity contribution in [3.8, 4) is 5.75 Å². The molecule has 0 bridgehead atoms. The number of halogens is 1. The van der Waals surface area contributed by atoms with E-state index in [-0.39, 0.29) is 25.0 Å². The Morgan fingerprint density at radius 1 is 0.971 bits per heavy atom. The van der Waals surface area contributed by atoms with E-state index >= 15 is 0 Å². The molecule has 0 saturated carbocycles. The number of rotatable bonds is 11. The van der Waals surface area contributed by atoms with Gasteiger partial charge >= 0.3 is 0 Å². The van der Waals surface area contributed by atoms with Crippen LogP contribution in [-0.4, -0.2) is 35.9 Å². The molecule has 0 aliphatic heterocycles. The Labute approximate surface area is 213 Å². The quantitative estimate of drug-likeness (QED) is 0.384. The third kappa shape index (κ3) is 7.86. The van der Waals surface area contributed by atoms with E-state index in [9.17, 15) is 9.59 Å². The molecular formula is C29H33ClN2O3. The predicted molar refractivity (Wildman–Crippen MR) is 141 cm³/mol. The van der Waals surface area contributed by atoms with E-state index in [1.54, 1.807) is 11.0 Å². The molecule has 2 amide bonds. The highest BCUT2D eigenvalue weighted by Gasteiger charge is 2.31. The second-order valence-corrected chi connectivity index (χ2v) is 9.13. The number of amides is 2. The Morgan fingerprint density at radius 3 is 2.29 bits per heavy atom. The molecular weight excluding hydrogens is 460 g/mol. The molecule has 1 atom stereocenters. The molecule has 0 radical (unpaired) electrons. The van der Waals surface area contributed by atoms with Crippen LogP contribution in [0.1, 0.15) is 35.6 Å². The first-order valence-electron chi connectivity index (χ1n) is 11.9. The van der Waals surface area contributed by atoms with Crippen LogP contribution in [0.25, 0.3) is 0 Å². The average molecular weight is 493 g/mol. The van der Waals surface area contributed by atoms with E-state index in [1.165, 1.54) is 0 Å². The fraction of sp³-hybridized carbons (Fsp3) is 0.310. The lowest BCUT2D eigenvalue weighted by Crippen LogP contribution is -2.51. The van der Waals surface area contributed by atoms with E-state index < -0.39 is 6.04 Å². The Morgan fingerprint density at radius 2 is 1.63 bits per heavy atom. The third-order valence-corrected chi connectivity index (χ3v) is 6.05. The lowest BCUT2D eigenvalue weighted by Gasteiger charge is -2.31. The van der Waals surface area contributed by atoms with Gasteiger partial charge in [-0.2, -0.15) is 0 Å². The first-order chi connectivity index (χ1) is 16.9. The Balaban J connectivity index is 1.91. The molecule has 0 saturated heterocycles. The van der Waals surface area contributed by atoms with Gasteiger partial charge in [0.25, 0.3) is 5.91 Å². The maximum Gasteiger partial charge on any atom is 0.261 e. The molecule has 1 N–H and O–H groups in total. The molecule has 1 unspecified atom stereocenters. The van der Waals surface area contributed by atoms with Crippen LogP contribution < -0.4 is 10.1 Å². The standard InChI is InChI=1S/C29H33ClN2O3/c1-4-14-31-29(34)27(18-23-10-6-5-7-11-23)32(19-24-12-8-9-13-26(24)30)28(33)20-35-25-16-21(2)15-22(3)17-25/h5-13,15-17,27H,4,14,18-20H2,1-3H3,(H,31,34). The van der Waals surface area contributed by atoms with E-state index in [2.05, 4.69) is 5.32 Å². The van der Waals surface area contributed by atoms with E-state index in [1.807, 2.05) is 87.5 Å². The number of hydrogen-bond acceptors (Lipinski definition) is 3. The molecule has 0 fully saturated rings. The van der Waals surface area contributed by atoms with Crippen molar-refractivity contribution < 1.29 is 14.3 Å². The van der Waals surface area contributed by atoms with Gasteiger partial charge in [-0.15, -0.1) is 0 Å². The highest BCUT2D eigenvalue weighted by atomic mass is 35.5. The molecule has 184 valence electrons. The summed E-state index contributed by atoms with van der Waals surface area (Å²) >= 11 is 6.44. The molecule has 0 spiro atoms. The molecule has 0 heterocycles. The average Bonchev–Trinajstić information content (AvgIpc) is 2.84. The molecule has 0 aliphatic rings. The Bertz CT molecular complexity index is 1110. The van der Waals surface area contributed by atoms with Crippen molar-refractivity contribution in [2.75, 3.05) is 13.2 Å². The van der Waals surface area contributed by atoms with Crippen molar-refractivity contribution in [1.29, 1.82) is 0 Å². The molecule has 0 aliphatic carbocycles. The summed E-state index contributed by atoms with van der Waals surface area (Å²) in [6.07, 6.45) is 1.19. The summed E-state index contributed by atoms with van der Waals surface area (Å²) in [7, 11) is 0. The van der Waals surface area contributed by atoms with Crippen LogP contribution in [0.4, 0.5) is 0 Å². The number of aryl methyl sites for hydroxylation is 2. The highest BCUT2D eigenvalue weighted by Crippen LogP contribution is 2.21. The monoisotopic (exact) mass is 492 g/mol. The molecule has 35 heavy (non-hydrogen) atoms. The fourth-order valence-electron chi connectivity index (χ4n) is 3.97. The largest absolute Gasteiger partial charge is 0.484 e. The van der Waals surface area contributed by atoms with Crippen LogP contribution in [-0.2, 0) is 22.6 Å². The van der Waals surface area contributed by atoms with Crippen molar-refractivity contribution >= 4 is 23.4 Å². The van der Waals surface area contributed by atoms with Crippen LogP contribution in [0.15, 0.2) is 72.8 Å². The second-order valence-electron chi connectivity index (χ2n) is 8.72. The van der Waals surface area contributed by atoms with Gasteiger partial charge in [0.05, 0.1) is 0 Å². The number of nitrogens with zero attached hydrogens (tertiary/aromatic N) is 1. The molecule has 3 rings (SSSR count). The van der Waals surface area contributed by atoms with Crippen LogP contribution >= 0.6 is 11.6 Å². The van der Waals surface area contributed by atoms with Gasteiger partial charge in [0.1, 0.15) is 11.8 Å². The van der Waals surface area contributed by atoms with Crippen molar-refractivity contribution in [3.63, 3.8) is 0 Å². The molecule has 6 heteroatoms. The van der Waals surface area contributed by atoms with Crippen LogP contribution in [0.5, 0.6) is 5.75 Å². The normalized spacial score (nSPS) is 11.5. The van der Waals surface area contributed by atoms with Crippen LogP contribution in [0.2, 0.25) is 5.02 Å². The van der Waals surface area contributed by atoms with Gasteiger partial charge in [0.15, 0.2) is 6.61 Å². The maximum absolute atomic E-state index is 13.6. The van der Waals surface area contributed by atoms with E-state index in [0.29, 0.717) is 23.7 Å². The first kappa shape index (κ1) is 26.3. The minimum Gasteiger partial charge on any atom is -0.484 e. The SMILES string of the molecule is CCCNC(=O)C(Cc1ccccc1)N(Cc1ccccc1Cl)C(=O)COc1cc(C)cc(C)c1. The zero-order valence-corrected chi connectivity index (χ0v) is 21.3. The lowest BCUT2D eigenvalue weighted by atomic mass is 10.0. The first-order valence-corrected chi connectivity index (χ1v) is 12.3. The molecule has 0 aromatic heterocycles. The van der Waals surface area contributed by atoms with Crippen molar-refractivity contribution in [2.24, 2.45) is 0 Å². The Kier molecular flexibility index (Phi) is 9.74. The minimum absolute atomic E-state index is 0.181. The fourth-order valence-corrected chi connectivity index (χ4v) is 4.17. The zero-order chi connectivity index (χ0) is 25.2.